The Kier molecular flexibility index (Phi) is 4.10. The zero-order chi connectivity index (χ0) is 17.4. The van der Waals surface area contributed by atoms with Crippen molar-refractivity contribution in [1.82, 2.24) is 4.98 Å². The van der Waals surface area contributed by atoms with E-state index in [2.05, 4.69) is 16.4 Å². The summed E-state index contributed by atoms with van der Waals surface area (Å²) in [6, 6.07) is 9.35. The van der Waals surface area contributed by atoms with Gasteiger partial charge in [-0.2, -0.15) is 0 Å². The molecule has 0 saturated carbocycles. The summed E-state index contributed by atoms with van der Waals surface area (Å²) in [6.07, 6.45) is 0.910. The largest absolute Gasteiger partial charge is 0.493 e. The number of ether oxygens (including phenoxy) is 1. The van der Waals surface area contributed by atoms with Crippen LogP contribution in [0.2, 0.25) is 0 Å². The minimum Gasteiger partial charge on any atom is -0.493 e. The van der Waals surface area contributed by atoms with E-state index in [9.17, 15) is 9.59 Å². The molecule has 25 heavy (non-hydrogen) atoms. The van der Waals surface area contributed by atoms with Crippen molar-refractivity contribution in [2.24, 2.45) is 0 Å². The van der Waals surface area contributed by atoms with E-state index >= 15 is 0 Å². The molecule has 2 aromatic heterocycles. The summed E-state index contributed by atoms with van der Waals surface area (Å²) >= 11 is 2.56. The van der Waals surface area contributed by atoms with Gasteiger partial charge in [-0.1, -0.05) is 0 Å². The molecule has 0 saturated heterocycles. The van der Waals surface area contributed by atoms with E-state index in [1.54, 1.807) is 12.1 Å². The molecule has 0 atom stereocenters. The van der Waals surface area contributed by atoms with Crippen molar-refractivity contribution in [3.63, 3.8) is 0 Å². The number of rotatable bonds is 4. The monoisotopic (exact) mass is 370 g/mol. The fourth-order valence-corrected chi connectivity index (χ4v) is 4.13. The van der Waals surface area contributed by atoms with Crippen molar-refractivity contribution in [2.45, 2.75) is 13.3 Å². The van der Waals surface area contributed by atoms with Crippen LogP contribution >= 0.6 is 22.7 Å². The highest BCUT2D eigenvalue weighted by Gasteiger charge is 2.16. The number of carbonyl (C=O) groups is 2. The van der Waals surface area contributed by atoms with Gasteiger partial charge in [0.25, 0.3) is 5.91 Å². The Morgan fingerprint density at radius 3 is 2.84 bits per heavy atom. The molecule has 3 aromatic rings. The molecular weight excluding hydrogens is 356 g/mol. The molecule has 0 spiro atoms. The fraction of sp³-hybridized carbons (Fsp3) is 0.167. The normalized spacial score (nSPS) is 12.5. The number of fused-ring (bicyclic) bond motifs is 1. The Bertz CT molecular complexity index is 974. The third-order valence-corrected chi connectivity index (χ3v) is 5.83. The van der Waals surface area contributed by atoms with Gasteiger partial charge in [-0.05, 0) is 42.8 Å². The summed E-state index contributed by atoms with van der Waals surface area (Å²) in [5.41, 5.74) is 3.02. The Hall–Kier alpha value is -2.51. The molecule has 0 unspecified atom stereocenters. The molecule has 0 bridgehead atoms. The van der Waals surface area contributed by atoms with Crippen molar-refractivity contribution >= 4 is 39.5 Å². The highest BCUT2D eigenvalue weighted by Crippen LogP contribution is 2.32. The van der Waals surface area contributed by atoms with Gasteiger partial charge in [0.2, 0.25) is 0 Å². The van der Waals surface area contributed by atoms with Crippen molar-refractivity contribution < 1.29 is 14.3 Å². The predicted octanol–water partition coefficient (Wildman–Crippen LogP) is 4.26. The highest BCUT2D eigenvalue weighted by atomic mass is 32.1. The van der Waals surface area contributed by atoms with Gasteiger partial charge in [0.1, 0.15) is 5.75 Å². The topological polar surface area (TPSA) is 68.3 Å². The Morgan fingerprint density at radius 2 is 2.04 bits per heavy atom. The van der Waals surface area contributed by atoms with Gasteiger partial charge in [0.15, 0.2) is 10.9 Å². The van der Waals surface area contributed by atoms with Crippen LogP contribution in [0.3, 0.4) is 0 Å². The maximum atomic E-state index is 12.3. The highest BCUT2D eigenvalue weighted by molar-refractivity contribution is 7.16. The van der Waals surface area contributed by atoms with E-state index < -0.39 is 0 Å². The third-order valence-electron chi connectivity index (χ3n) is 3.89. The van der Waals surface area contributed by atoms with Gasteiger partial charge in [-0.15, -0.1) is 22.7 Å². The van der Waals surface area contributed by atoms with Crippen molar-refractivity contribution in [3.05, 3.63) is 51.0 Å². The van der Waals surface area contributed by atoms with Crippen LogP contribution < -0.4 is 10.1 Å². The quantitative estimate of drug-likeness (QED) is 0.697. The van der Waals surface area contributed by atoms with Crippen LogP contribution in [0.5, 0.6) is 5.75 Å². The summed E-state index contributed by atoms with van der Waals surface area (Å²) < 4.78 is 5.52. The predicted molar refractivity (Wildman–Crippen MR) is 99.0 cm³/mol. The standard InChI is InChI=1S/C18H14N2O3S2/c1-10(21)15-4-5-16(25-15)17(22)20-18-19-13(9-24-18)11-2-3-14-12(8-11)6-7-23-14/h2-5,8-9H,6-7H2,1H3,(H,19,20,22). The van der Waals surface area contributed by atoms with Crippen molar-refractivity contribution in [1.29, 1.82) is 0 Å². The number of carbonyl (C=O) groups excluding carboxylic acids is 2. The summed E-state index contributed by atoms with van der Waals surface area (Å²) in [5, 5.41) is 5.25. The molecule has 0 aliphatic carbocycles. The molecule has 1 N–H and O–H groups in total. The van der Waals surface area contributed by atoms with E-state index in [-0.39, 0.29) is 11.7 Å². The first-order valence-corrected chi connectivity index (χ1v) is 9.43. The number of hydrogen-bond acceptors (Lipinski definition) is 6. The number of amides is 1. The molecule has 1 amide bonds. The number of aromatic nitrogens is 1. The molecule has 0 fully saturated rings. The second kappa shape index (κ2) is 6.42. The van der Waals surface area contributed by atoms with Crippen LogP contribution in [-0.4, -0.2) is 23.3 Å². The smallest absolute Gasteiger partial charge is 0.267 e. The molecule has 1 aliphatic heterocycles. The summed E-state index contributed by atoms with van der Waals surface area (Å²) in [5.74, 6) is 0.647. The van der Waals surface area contributed by atoms with E-state index in [4.69, 9.17) is 4.74 Å². The third kappa shape index (κ3) is 3.20. The minimum absolute atomic E-state index is 0.0406. The second-order valence-corrected chi connectivity index (χ2v) is 7.57. The SMILES string of the molecule is CC(=O)c1ccc(C(=O)Nc2nc(-c3ccc4c(c3)CCO4)cs2)s1. The zero-order valence-corrected chi connectivity index (χ0v) is 15.0. The zero-order valence-electron chi connectivity index (χ0n) is 13.4. The number of thiazole rings is 1. The van der Waals surface area contributed by atoms with Crippen LogP contribution in [0.15, 0.2) is 35.7 Å². The first-order chi connectivity index (χ1) is 12.1. The number of nitrogens with zero attached hydrogens (tertiary/aromatic N) is 1. The average Bonchev–Trinajstić information content (AvgIpc) is 3.33. The lowest BCUT2D eigenvalue weighted by Crippen LogP contribution is -2.09. The molecule has 7 heteroatoms. The number of Topliss-reactive ketones (excluding diaryl/α,β-unsaturated/α-hetero) is 1. The first-order valence-electron chi connectivity index (χ1n) is 7.74. The van der Waals surface area contributed by atoms with E-state index in [0.717, 1.165) is 30.0 Å². The number of anilines is 1. The Morgan fingerprint density at radius 1 is 1.20 bits per heavy atom. The van der Waals surface area contributed by atoms with Crippen molar-refractivity contribution in [2.75, 3.05) is 11.9 Å². The number of ketones is 1. The molecule has 5 nitrogen and oxygen atoms in total. The van der Waals surface area contributed by atoms with E-state index in [1.165, 1.54) is 35.2 Å². The molecule has 3 heterocycles. The number of hydrogen-bond donors (Lipinski definition) is 1. The number of thiophene rings is 1. The van der Waals surface area contributed by atoms with Gasteiger partial charge in [-0.25, -0.2) is 4.98 Å². The van der Waals surface area contributed by atoms with Crippen molar-refractivity contribution in [3.8, 4) is 17.0 Å². The van der Waals surface area contributed by atoms with Crippen LogP contribution in [0.1, 0.15) is 31.8 Å². The van der Waals surface area contributed by atoms with Crippen LogP contribution in [0, 0.1) is 0 Å². The van der Waals surface area contributed by atoms with Gasteiger partial charge >= 0.3 is 0 Å². The van der Waals surface area contributed by atoms with Gasteiger partial charge in [0, 0.05) is 17.4 Å². The lowest BCUT2D eigenvalue weighted by Gasteiger charge is -2.01. The fourth-order valence-electron chi connectivity index (χ4n) is 2.62. The Labute approximate surface area is 152 Å². The average molecular weight is 370 g/mol. The Balaban J connectivity index is 1.51. The molecule has 126 valence electrons. The van der Waals surface area contributed by atoms with Gasteiger partial charge in [0.05, 0.1) is 22.1 Å². The van der Waals surface area contributed by atoms with Crippen LogP contribution in [0.4, 0.5) is 5.13 Å². The summed E-state index contributed by atoms with van der Waals surface area (Å²) in [7, 11) is 0. The number of nitrogens with one attached hydrogen (secondary N) is 1. The summed E-state index contributed by atoms with van der Waals surface area (Å²) in [4.78, 5) is 29.2. The minimum atomic E-state index is -0.249. The van der Waals surface area contributed by atoms with Crippen LogP contribution in [-0.2, 0) is 6.42 Å². The number of benzene rings is 1. The maximum Gasteiger partial charge on any atom is 0.267 e. The molecule has 4 rings (SSSR count). The van der Waals surface area contributed by atoms with E-state index in [0.29, 0.717) is 14.9 Å². The molecular formula is C18H14N2O3S2. The lowest BCUT2D eigenvalue weighted by atomic mass is 10.1. The molecule has 0 radical (unpaired) electrons. The first kappa shape index (κ1) is 16.0. The second-order valence-electron chi connectivity index (χ2n) is 5.63. The van der Waals surface area contributed by atoms with Gasteiger partial charge < -0.3 is 4.74 Å². The summed E-state index contributed by atoms with van der Waals surface area (Å²) in [6.45, 7) is 2.21. The molecule has 1 aromatic carbocycles. The maximum absolute atomic E-state index is 12.3. The lowest BCUT2D eigenvalue weighted by molar-refractivity contribution is 0.101. The van der Waals surface area contributed by atoms with Gasteiger partial charge in [-0.3, -0.25) is 14.9 Å². The van der Waals surface area contributed by atoms with E-state index in [1.807, 2.05) is 17.5 Å². The van der Waals surface area contributed by atoms with Crippen LogP contribution in [0.25, 0.3) is 11.3 Å². The molecule has 1 aliphatic rings.